The Hall–Kier alpha value is -2.73. The minimum absolute atomic E-state index is 0.00652. The summed E-state index contributed by atoms with van der Waals surface area (Å²) in [6.45, 7) is 0.343. The van der Waals surface area contributed by atoms with Crippen molar-refractivity contribution in [2.24, 2.45) is 5.84 Å². The monoisotopic (exact) mass is 558 g/mol. The largest absolute Gasteiger partial charge is 0.481 e. The lowest BCUT2D eigenvalue weighted by atomic mass is 10.0. The van der Waals surface area contributed by atoms with Crippen LogP contribution in [0.5, 0.6) is 0 Å². The summed E-state index contributed by atoms with van der Waals surface area (Å²) in [5.41, 5.74) is 2.21. The normalized spacial score (nSPS) is 12.4. The van der Waals surface area contributed by atoms with E-state index in [1.807, 2.05) is 0 Å². The van der Waals surface area contributed by atoms with E-state index in [0.29, 0.717) is 32.2 Å². The molecule has 226 valence electrons. The molecule has 0 aliphatic rings. The van der Waals surface area contributed by atoms with Gasteiger partial charge in [0, 0.05) is 25.8 Å². The van der Waals surface area contributed by atoms with E-state index in [0.717, 1.165) is 51.4 Å². The van der Waals surface area contributed by atoms with Crippen LogP contribution in [-0.4, -0.2) is 63.7 Å². The molecule has 39 heavy (non-hydrogen) atoms. The molecule has 0 fully saturated rings. The Labute approximate surface area is 231 Å². The number of hydrogen-bond donors (Lipinski definition) is 7. The third-order valence-electron chi connectivity index (χ3n) is 6.58. The summed E-state index contributed by atoms with van der Waals surface area (Å²) in [7, 11) is 0. The number of carboxylic acid groups (broad SMARTS) is 3. The molecule has 0 aromatic rings. The SMILES string of the molecule is NN[C@@H](CCCCNC(=O)CC[C@H](NC(=O)CCCCCCCCCCCCCCC(=O)O)C(=O)O)C(=O)O. The first-order chi connectivity index (χ1) is 18.7. The molecule has 0 radical (unpaired) electrons. The van der Waals surface area contributed by atoms with Crippen molar-refractivity contribution >= 4 is 29.7 Å². The van der Waals surface area contributed by atoms with Gasteiger partial charge in [0.05, 0.1) is 0 Å². The van der Waals surface area contributed by atoms with Crippen molar-refractivity contribution in [3.63, 3.8) is 0 Å². The Morgan fingerprint density at radius 2 is 1.03 bits per heavy atom. The summed E-state index contributed by atoms with van der Waals surface area (Å²) in [5.74, 6) is 1.57. The number of hydrogen-bond acceptors (Lipinski definition) is 7. The number of amides is 2. The topological polar surface area (TPSA) is 208 Å². The quantitative estimate of drug-likeness (QED) is 0.0445. The Bertz CT molecular complexity index is 720. The smallest absolute Gasteiger partial charge is 0.326 e. The molecule has 0 aliphatic carbocycles. The summed E-state index contributed by atoms with van der Waals surface area (Å²) < 4.78 is 0. The third-order valence-corrected chi connectivity index (χ3v) is 6.58. The fraction of sp³-hybridized carbons (Fsp3) is 0.815. The summed E-state index contributed by atoms with van der Waals surface area (Å²) in [6.07, 6.45) is 14.4. The summed E-state index contributed by atoms with van der Waals surface area (Å²) in [4.78, 5) is 56.9. The zero-order valence-electron chi connectivity index (χ0n) is 23.3. The summed E-state index contributed by atoms with van der Waals surface area (Å²) >= 11 is 0. The van der Waals surface area contributed by atoms with E-state index in [4.69, 9.17) is 16.1 Å². The molecular weight excluding hydrogens is 508 g/mol. The average molecular weight is 559 g/mol. The molecule has 12 heteroatoms. The van der Waals surface area contributed by atoms with E-state index >= 15 is 0 Å². The number of unbranched alkanes of at least 4 members (excludes halogenated alkanes) is 12. The lowest BCUT2D eigenvalue weighted by Gasteiger charge is -2.14. The Morgan fingerprint density at radius 3 is 1.49 bits per heavy atom. The van der Waals surface area contributed by atoms with Crippen LogP contribution in [0.25, 0.3) is 0 Å². The molecule has 0 aliphatic heterocycles. The molecule has 0 spiro atoms. The van der Waals surface area contributed by atoms with Gasteiger partial charge in [-0.25, -0.2) is 10.2 Å². The average Bonchev–Trinajstić information content (AvgIpc) is 2.88. The van der Waals surface area contributed by atoms with E-state index in [1.54, 1.807) is 0 Å². The van der Waals surface area contributed by atoms with Crippen molar-refractivity contribution in [1.29, 1.82) is 0 Å². The van der Waals surface area contributed by atoms with E-state index in [9.17, 15) is 29.1 Å². The number of nitrogens with one attached hydrogen (secondary N) is 3. The fourth-order valence-corrected chi connectivity index (χ4v) is 4.20. The third kappa shape index (κ3) is 22.9. The Balaban J connectivity index is 3.78. The molecule has 2 amide bonds. The first kappa shape index (κ1) is 36.3. The molecule has 12 nitrogen and oxygen atoms in total. The highest BCUT2D eigenvalue weighted by atomic mass is 16.4. The zero-order valence-corrected chi connectivity index (χ0v) is 23.3. The number of carbonyl (C=O) groups excluding carboxylic acids is 2. The molecule has 2 atom stereocenters. The molecule has 0 saturated carbocycles. The summed E-state index contributed by atoms with van der Waals surface area (Å²) in [5, 5.41) is 32.0. The number of nitrogens with two attached hydrogens (primary N) is 1. The van der Waals surface area contributed by atoms with E-state index in [1.165, 1.54) is 19.3 Å². The molecule has 8 N–H and O–H groups in total. The molecule has 0 unspecified atom stereocenters. The van der Waals surface area contributed by atoms with Crippen molar-refractivity contribution in [2.75, 3.05) is 6.54 Å². The van der Waals surface area contributed by atoms with Crippen LogP contribution in [0.2, 0.25) is 0 Å². The lowest BCUT2D eigenvalue weighted by molar-refractivity contribution is -0.142. The highest BCUT2D eigenvalue weighted by Crippen LogP contribution is 2.13. The number of carboxylic acids is 3. The van der Waals surface area contributed by atoms with E-state index in [-0.39, 0.29) is 37.5 Å². The maximum atomic E-state index is 12.1. The second-order valence-electron chi connectivity index (χ2n) is 10.0. The maximum absolute atomic E-state index is 12.1. The second kappa shape index (κ2) is 24.3. The van der Waals surface area contributed by atoms with Crippen LogP contribution in [0.3, 0.4) is 0 Å². The van der Waals surface area contributed by atoms with Gasteiger partial charge >= 0.3 is 17.9 Å². The van der Waals surface area contributed by atoms with Crippen LogP contribution in [-0.2, 0) is 24.0 Å². The predicted octanol–water partition coefficient (Wildman–Crippen LogP) is 3.08. The van der Waals surface area contributed by atoms with Gasteiger partial charge in [-0.3, -0.25) is 25.0 Å². The van der Waals surface area contributed by atoms with Gasteiger partial charge in [0.1, 0.15) is 12.1 Å². The van der Waals surface area contributed by atoms with Crippen LogP contribution in [0.15, 0.2) is 0 Å². The van der Waals surface area contributed by atoms with Gasteiger partial charge in [0.25, 0.3) is 0 Å². The van der Waals surface area contributed by atoms with E-state index in [2.05, 4.69) is 16.1 Å². The highest BCUT2D eigenvalue weighted by Gasteiger charge is 2.21. The van der Waals surface area contributed by atoms with E-state index < -0.39 is 30.0 Å². The second-order valence-corrected chi connectivity index (χ2v) is 10.0. The van der Waals surface area contributed by atoms with Crippen LogP contribution < -0.4 is 21.9 Å². The van der Waals surface area contributed by atoms with Crippen LogP contribution in [0, 0.1) is 0 Å². The zero-order chi connectivity index (χ0) is 29.3. The Kier molecular flexibility index (Phi) is 22.6. The minimum atomic E-state index is -1.18. The van der Waals surface area contributed by atoms with Gasteiger partial charge in [-0.15, -0.1) is 0 Å². The lowest BCUT2D eigenvalue weighted by Crippen LogP contribution is -2.41. The summed E-state index contributed by atoms with van der Waals surface area (Å²) in [6, 6.07) is -1.95. The maximum Gasteiger partial charge on any atom is 0.326 e. The van der Waals surface area contributed by atoms with Crippen LogP contribution >= 0.6 is 0 Å². The number of carbonyl (C=O) groups is 5. The predicted molar refractivity (Wildman–Crippen MR) is 147 cm³/mol. The van der Waals surface area contributed by atoms with Crippen LogP contribution in [0.4, 0.5) is 0 Å². The number of rotatable bonds is 27. The molecule has 0 aromatic heterocycles. The molecular formula is C27H50N4O8. The van der Waals surface area contributed by atoms with Crippen molar-refractivity contribution in [3.05, 3.63) is 0 Å². The first-order valence-electron chi connectivity index (χ1n) is 14.4. The fourth-order valence-electron chi connectivity index (χ4n) is 4.20. The van der Waals surface area contributed by atoms with Crippen molar-refractivity contribution in [3.8, 4) is 0 Å². The number of aliphatic carboxylic acids is 3. The van der Waals surface area contributed by atoms with Crippen LogP contribution in [0.1, 0.15) is 122 Å². The van der Waals surface area contributed by atoms with Crippen molar-refractivity contribution in [2.45, 2.75) is 134 Å². The standard InChI is InChI=1S/C27H50N4O8/c28-31-22(27(38)39)15-13-14-20-29-23(32)19-18-21(26(36)37)30-24(33)16-11-9-7-5-3-1-2-4-6-8-10-12-17-25(34)35/h21-22,31H,1-20,28H2,(H,29,32)(H,30,33)(H,34,35)(H,36,37)(H,38,39)/t21-,22-/m0/s1. The Morgan fingerprint density at radius 1 is 0.538 bits per heavy atom. The number of hydrazine groups is 1. The van der Waals surface area contributed by atoms with Gasteiger partial charge < -0.3 is 26.0 Å². The molecule has 0 bridgehead atoms. The van der Waals surface area contributed by atoms with Gasteiger partial charge in [0.15, 0.2) is 0 Å². The molecule has 0 saturated heterocycles. The first-order valence-corrected chi connectivity index (χ1v) is 14.4. The molecule has 0 rings (SSSR count). The molecule has 0 aromatic carbocycles. The van der Waals surface area contributed by atoms with Gasteiger partial charge in [-0.05, 0) is 38.5 Å². The van der Waals surface area contributed by atoms with Gasteiger partial charge in [0.2, 0.25) is 11.8 Å². The van der Waals surface area contributed by atoms with Gasteiger partial charge in [-0.2, -0.15) is 0 Å². The van der Waals surface area contributed by atoms with Crippen molar-refractivity contribution in [1.82, 2.24) is 16.1 Å². The van der Waals surface area contributed by atoms with Gasteiger partial charge in [-0.1, -0.05) is 64.2 Å². The molecule has 0 heterocycles. The highest BCUT2D eigenvalue weighted by molar-refractivity contribution is 5.84. The van der Waals surface area contributed by atoms with Crippen molar-refractivity contribution < 1.29 is 39.3 Å². The minimum Gasteiger partial charge on any atom is -0.481 e.